The second kappa shape index (κ2) is 8.14. The minimum atomic E-state index is -3.57. The van der Waals surface area contributed by atoms with E-state index in [1.54, 1.807) is 30.3 Å². The smallest absolute Gasteiger partial charge is 0.271 e. The van der Waals surface area contributed by atoms with Crippen LogP contribution in [0.25, 0.3) is 5.69 Å². The van der Waals surface area contributed by atoms with Gasteiger partial charge in [0.2, 0.25) is 10.0 Å². The normalized spacial score (nSPS) is 19.2. The Morgan fingerprint density at radius 2 is 1.62 bits per heavy atom. The van der Waals surface area contributed by atoms with Crippen molar-refractivity contribution < 1.29 is 13.2 Å². The summed E-state index contributed by atoms with van der Waals surface area (Å²) in [5, 5.41) is 10.8. The zero-order valence-corrected chi connectivity index (χ0v) is 16.4. The molecule has 3 aromatic rings. The molecule has 1 aromatic heterocycles. The van der Waals surface area contributed by atoms with Crippen LogP contribution in [0.1, 0.15) is 29.8 Å². The van der Waals surface area contributed by atoms with Crippen molar-refractivity contribution in [3.63, 3.8) is 0 Å². The van der Waals surface area contributed by atoms with Crippen molar-refractivity contribution in [3.05, 3.63) is 72.6 Å². The van der Waals surface area contributed by atoms with E-state index < -0.39 is 10.0 Å². The fourth-order valence-corrected chi connectivity index (χ4v) is 4.82. The fourth-order valence-electron chi connectivity index (χ4n) is 3.52. The third kappa shape index (κ3) is 4.36. The molecule has 4 rings (SSSR count). The summed E-state index contributed by atoms with van der Waals surface area (Å²) >= 11 is 0. The second-order valence-electron chi connectivity index (χ2n) is 6.98. The first-order chi connectivity index (χ1) is 14.0. The van der Waals surface area contributed by atoms with Crippen LogP contribution in [0, 0.1) is 0 Å². The molecule has 1 amide bonds. The van der Waals surface area contributed by atoms with E-state index in [0.29, 0.717) is 25.0 Å². The molecule has 1 aliphatic carbocycles. The van der Waals surface area contributed by atoms with Crippen molar-refractivity contribution in [2.75, 3.05) is 0 Å². The van der Waals surface area contributed by atoms with Crippen molar-refractivity contribution in [1.82, 2.24) is 25.0 Å². The lowest BCUT2D eigenvalue weighted by atomic mass is 10.2. The molecule has 0 radical (unpaired) electrons. The molecule has 2 aromatic carbocycles. The van der Waals surface area contributed by atoms with E-state index >= 15 is 0 Å². The van der Waals surface area contributed by atoms with Crippen LogP contribution in [0.15, 0.2) is 71.8 Å². The van der Waals surface area contributed by atoms with Gasteiger partial charge >= 0.3 is 0 Å². The fraction of sp³-hybridized carbons (Fsp3) is 0.250. The molecule has 0 saturated heterocycles. The number of hydrogen-bond donors (Lipinski definition) is 2. The highest BCUT2D eigenvalue weighted by Crippen LogP contribution is 2.22. The number of carbonyl (C=O) groups excluding carboxylic acids is 1. The maximum absolute atomic E-state index is 12.7. The molecule has 1 saturated carbocycles. The quantitative estimate of drug-likeness (QED) is 0.644. The number of sulfonamides is 1. The standard InChI is InChI=1S/C20H21N5O3S/c26-20(19-14-21-24-25(19)17-7-3-1-4-8-17)22-15-11-12-16(13-15)23-29(27,28)18-9-5-2-6-10-18/h1-10,14-16,23H,11-13H2,(H,22,26)/t15-,16+/m1/s1. The summed E-state index contributed by atoms with van der Waals surface area (Å²) in [6.07, 6.45) is 3.31. The SMILES string of the molecule is O=C(N[C@@H]1CC[C@H](NS(=O)(=O)c2ccccc2)C1)c1cnnn1-c1ccccc1. The average Bonchev–Trinajstić information content (AvgIpc) is 3.39. The lowest BCUT2D eigenvalue weighted by molar-refractivity contribution is 0.0929. The van der Waals surface area contributed by atoms with Gasteiger partial charge in [0.15, 0.2) is 5.69 Å². The first-order valence-electron chi connectivity index (χ1n) is 9.37. The zero-order valence-electron chi connectivity index (χ0n) is 15.6. The number of para-hydroxylation sites is 1. The van der Waals surface area contributed by atoms with Crippen LogP contribution in [0.4, 0.5) is 0 Å². The Hall–Kier alpha value is -3.04. The summed E-state index contributed by atoms with van der Waals surface area (Å²) in [5.41, 5.74) is 1.08. The van der Waals surface area contributed by atoms with Crippen LogP contribution < -0.4 is 10.0 Å². The van der Waals surface area contributed by atoms with E-state index in [1.165, 1.54) is 10.9 Å². The van der Waals surface area contributed by atoms with Gasteiger partial charge in [-0.25, -0.2) is 17.8 Å². The Kier molecular flexibility index (Phi) is 5.41. The molecule has 0 spiro atoms. The van der Waals surface area contributed by atoms with E-state index in [2.05, 4.69) is 20.4 Å². The number of benzene rings is 2. The van der Waals surface area contributed by atoms with E-state index in [0.717, 1.165) is 5.69 Å². The van der Waals surface area contributed by atoms with Gasteiger partial charge in [-0.3, -0.25) is 4.79 Å². The number of hydrogen-bond acceptors (Lipinski definition) is 5. The van der Waals surface area contributed by atoms with Crippen LogP contribution in [-0.4, -0.2) is 41.4 Å². The molecular formula is C20H21N5O3S. The highest BCUT2D eigenvalue weighted by Gasteiger charge is 2.30. The van der Waals surface area contributed by atoms with Gasteiger partial charge in [-0.2, -0.15) is 0 Å². The number of aromatic nitrogens is 3. The van der Waals surface area contributed by atoms with Crippen LogP contribution in [0.3, 0.4) is 0 Å². The van der Waals surface area contributed by atoms with Crippen molar-refractivity contribution in [2.24, 2.45) is 0 Å². The van der Waals surface area contributed by atoms with Gasteiger partial charge in [0.05, 0.1) is 16.8 Å². The van der Waals surface area contributed by atoms with E-state index in [-0.39, 0.29) is 22.9 Å². The summed E-state index contributed by atoms with van der Waals surface area (Å²) in [6.45, 7) is 0. The lowest BCUT2D eigenvalue weighted by Gasteiger charge is -2.15. The number of nitrogens with zero attached hydrogens (tertiary/aromatic N) is 3. The molecule has 1 fully saturated rings. The Balaban J connectivity index is 1.39. The van der Waals surface area contributed by atoms with E-state index in [9.17, 15) is 13.2 Å². The molecule has 1 aliphatic rings. The molecular weight excluding hydrogens is 390 g/mol. The maximum atomic E-state index is 12.7. The molecule has 8 nitrogen and oxygen atoms in total. The monoisotopic (exact) mass is 411 g/mol. The van der Waals surface area contributed by atoms with Gasteiger partial charge in [-0.15, -0.1) is 5.10 Å². The van der Waals surface area contributed by atoms with Gasteiger partial charge in [0, 0.05) is 12.1 Å². The van der Waals surface area contributed by atoms with Gasteiger partial charge < -0.3 is 5.32 Å². The van der Waals surface area contributed by atoms with Crippen molar-refractivity contribution >= 4 is 15.9 Å². The topological polar surface area (TPSA) is 106 Å². The molecule has 0 unspecified atom stereocenters. The Labute approximate surface area is 169 Å². The summed E-state index contributed by atoms with van der Waals surface area (Å²) in [5.74, 6) is -0.282. The van der Waals surface area contributed by atoms with Gasteiger partial charge in [-0.1, -0.05) is 41.6 Å². The summed E-state index contributed by atoms with van der Waals surface area (Å²) < 4.78 is 29.2. The van der Waals surface area contributed by atoms with Crippen molar-refractivity contribution in [2.45, 2.75) is 36.2 Å². The van der Waals surface area contributed by atoms with Gasteiger partial charge in [-0.05, 0) is 43.5 Å². The molecule has 150 valence electrons. The molecule has 0 bridgehead atoms. The minimum absolute atomic E-state index is 0.120. The first-order valence-corrected chi connectivity index (χ1v) is 10.9. The molecule has 2 atom stereocenters. The van der Waals surface area contributed by atoms with Crippen molar-refractivity contribution in [3.8, 4) is 5.69 Å². The van der Waals surface area contributed by atoms with Crippen molar-refractivity contribution in [1.29, 1.82) is 0 Å². The molecule has 29 heavy (non-hydrogen) atoms. The average molecular weight is 411 g/mol. The maximum Gasteiger partial charge on any atom is 0.271 e. The van der Waals surface area contributed by atoms with E-state index in [4.69, 9.17) is 0 Å². The van der Waals surface area contributed by atoms with Crippen LogP contribution >= 0.6 is 0 Å². The number of carbonyl (C=O) groups is 1. The highest BCUT2D eigenvalue weighted by molar-refractivity contribution is 7.89. The predicted octanol–water partition coefficient (Wildman–Crippen LogP) is 1.90. The Bertz CT molecular complexity index is 1080. The Morgan fingerprint density at radius 3 is 2.34 bits per heavy atom. The summed E-state index contributed by atoms with van der Waals surface area (Å²) in [7, 11) is -3.57. The molecule has 2 N–H and O–H groups in total. The van der Waals surface area contributed by atoms with Crippen LogP contribution in [-0.2, 0) is 10.0 Å². The highest BCUT2D eigenvalue weighted by atomic mass is 32.2. The van der Waals surface area contributed by atoms with Crippen LogP contribution in [0.2, 0.25) is 0 Å². The zero-order chi connectivity index (χ0) is 20.3. The van der Waals surface area contributed by atoms with Crippen LogP contribution in [0.5, 0.6) is 0 Å². The Morgan fingerprint density at radius 1 is 0.966 bits per heavy atom. The number of rotatable bonds is 6. The first kappa shape index (κ1) is 19.3. The lowest BCUT2D eigenvalue weighted by Crippen LogP contribution is -2.37. The molecule has 0 aliphatic heterocycles. The number of amides is 1. The summed E-state index contributed by atoms with van der Waals surface area (Å²) in [4.78, 5) is 13.0. The summed E-state index contributed by atoms with van der Waals surface area (Å²) in [6, 6.07) is 17.2. The molecule has 9 heteroatoms. The minimum Gasteiger partial charge on any atom is -0.348 e. The largest absolute Gasteiger partial charge is 0.348 e. The van der Waals surface area contributed by atoms with Gasteiger partial charge in [0.25, 0.3) is 5.91 Å². The predicted molar refractivity (Wildman–Crippen MR) is 107 cm³/mol. The molecule has 1 heterocycles. The third-order valence-corrected chi connectivity index (χ3v) is 6.46. The van der Waals surface area contributed by atoms with E-state index in [1.807, 2.05) is 30.3 Å². The number of nitrogens with one attached hydrogen (secondary N) is 2. The second-order valence-corrected chi connectivity index (χ2v) is 8.70. The van der Waals surface area contributed by atoms with Gasteiger partial charge in [0.1, 0.15) is 0 Å². The third-order valence-electron chi connectivity index (χ3n) is 4.93.